The number of carboxylic acid groups (broad SMARTS) is 1. The van der Waals surface area contributed by atoms with Gasteiger partial charge >= 0.3 is 5.97 Å². The number of β-lactam (4-membered cyclic amide) rings is 1. The van der Waals surface area contributed by atoms with E-state index in [2.05, 4.69) is 15.3 Å². The lowest BCUT2D eigenvalue weighted by Gasteiger charge is -2.42. The van der Waals surface area contributed by atoms with E-state index in [1.165, 1.54) is 21.3 Å². The molecule has 2 aliphatic heterocycles. The second-order valence-corrected chi connectivity index (χ2v) is 8.14. The average Bonchev–Trinajstić information content (AvgIpc) is 3.10. The van der Waals surface area contributed by atoms with Crippen LogP contribution >= 0.6 is 11.8 Å². The third kappa shape index (κ3) is 2.04. The molecular weight excluding hydrogens is 330 g/mol. The molecule has 9 heteroatoms. The molecule has 1 N–H and O–H groups in total. The smallest absolute Gasteiger partial charge is 0.327 e. The van der Waals surface area contributed by atoms with Gasteiger partial charge in [0.2, 0.25) is 0 Å². The topological polar surface area (TPSA) is 101 Å². The van der Waals surface area contributed by atoms with Gasteiger partial charge in [-0.25, -0.2) is 9.48 Å². The molecule has 0 saturated carbocycles. The maximum atomic E-state index is 12.5. The molecule has 0 spiro atoms. The van der Waals surface area contributed by atoms with Crippen molar-refractivity contribution in [2.45, 2.75) is 36.1 Å². The van der Waals surface area contributed by atoms with Gasteiger partial charge in [0.1, 0.15) is 17.1 Å². The zero-order chi connectivity index (χ0) is 17.1. The van der Waals surface area contributed by atoms with Gasteiger partial charge in [0.25, 0.3) is 5.91 Å². The number of aliphatic carboxylic acids is 1. The molecule has 0 bridgehead atoms. The summed E-state index contributed by atoms with van der Waals surface area (Å²) in [5.74, 6) is -1.20. The summed E-state index contributed by atoms with van der Waals surface area (Å²) in [5, 5.41) is 17.4. The third-order valence-corrected chi connectivity index (χ3v) is 5.96. The Bertz CT molecular complexity index is 822. The first kappa shape index (κ1) is 15.1. The quantitative estimate of drug-likeness (QED) is 0.829. The molecule has 4 heterocycles. The van der Waals surface area contributed by atoms with Gasteiger partial charge < -0.3 is 10.0 Å². The minimum atomic E-state index is -0.976. The summed E-state index contributed by atoms with van der Waals surface area (Å²) in [7, 11) is 0. The molecule has 8 nitrogen and oxygen atoms in total. The molecule has 4 rings (SSSR count). The molecule has 2 saturated heterocycles. The van der Waals surface area contributed by atoms with Crippen LogP contribution in [0.3, 0.4) is 0 Å². The number of nitrogens with zero attached hydrogens (tertiary/aromatic N) is 5. The lowest BCUT2D eigenvalue weighted by atomic mass is 9.96. The van der Waals surface area contributed by atoms with E-state index in [-0.39, 0.29) is 11.3 Å². The minimum absolute atomic E-state index is 0.229. The predicted octanol–water partition coefficient (Wildman–Crippen LogP) is 1.03. The van der Waals surface area contributed by atoms with E-state index in [1.54, 1.807) is 24.7 Å². The summed E-state index contributed by atoms with van der Waals surface area (Å²) in [6, 6.07) is 2.33. The summed E-state index contributed by atoms with van der Waals surface area (Å²) in [5.41, 5.74) is 1.45. The van der Waals surface area contributed by atoms with Crippen molar-refractivity contribution in [1.29, 1.82) is 0 Å². The highest BCUT2D eigenvalue weighted by Gasteiger charge is 2.64. The minimum Gasteiger partial charge on any atom is -0.480 e. The maximum absolute atomic E-state index is 12.5. The van der Waals surface area contributed by atoms with Crippen molar-refractivity contribution in [2.24, 2.45) is 0 Å². The van der Waals surface area contributed by atoms with Crippen LogP contribution in [0.25, 0.3) is 11.3 Å². The molecule has 24 heavy (non-hydrogen) atoms. The highest BCUT2D eigenvalue weighted by atomic mass is 32.2. The highest BCUT2D eigenvalue weighted by Crippen LogP contribution is 2.54. The van der Waals surface area contributed by atoms with Gasteiger partial charge in [-0.1, -0.05) is 5.21 Å². The summed E-state index contributed by atoms with van der Waals surface area (Å²) < 4.78 is 0.979. The normalized spacial score (nSPS) is 27.7. The van der Waals surface area contributed by atoms with E-state index < -0.39 is 22.8 Å². The van der Waals surface area contributed by atoms with E-state index in [9.17, 15) is 14.7 Å². The number of hydrogen-bond donors (Lipinski definition) is 1. The van der Waals surface area contributed by atoms with Crippen molar-refractivity contribution in [3.05, 3.63) is 30.7 Å². The lowest BCUT2D eigenvalue weighted by molar-refractivity contribution is -0.162. The Morgan fingerprint density at radius 2 is 2.21 bits per heavy atom. The number of carboxylic acids is 1. The molecule has 1 amide bonds. The Labute approximate surface area is 141 Å². The highest BCUT2D eigenvalue weighted by molar-refractivity contribution is 8.01. The standard InChI is InChI=1S/C15H15N5O3S/c1-15(2)11(14(22)23)20-12(21)10(13(20)24-15)19-7-9(17-18-19)8-4-3-5-16-6-8/h3-7,10-11,13H,1-2H3,(H,22,23)/t10-,11+,13-/m1/s1. The molecule has 0 aromatic carbocycles. The molecule has 0 aliphatic carbocycles. The lowest BCUT2D eigenvalue weighted by Crippen LogP contribution is -2.62. The number of hydrogen-bond acceptors (Lipinski definition) is 6. The summed E-state index contributed by atoms with van der Waals surface area (Å²) in [6.07, 6.45) is 5.06. The number of pyridine rings is 1. The van der Waals surface area contributed by atoms with Crippen LogP contribution in [-0.2, 0) is 9.59 Å². The Morgan fingerprint density at radius 1 is 1.42 bits per heavy atom. The molecule has 2 fully saturated rings. The van der Waals surface area contributed by atoms with Crippen molar-refractivity contribution in [3.8, 4) is 11.3 Å². The van der Waals surface area contributed by atoms with Gasteiger partial charge in [0.15, 0.2) is 6.04 Å². The molecule has 2 aromatic rings. The van der Waals surface area contributed by atoms with Crippen LogP contribution in [0.4, 0.5) is 0 Å². The number of thioether (sulfide) groups is 1. The van der Waals surface area contributed by atoms with E-state index in [0.29, 0.717) is 5.69 Å². The van der Waals surface area contributed by atoms with Gasteiger partial charge in [0, 0.05) is 22.7 Å². The van der Waals surface area contributed by atoms with Crippen LogP contribution in [0, 0.1) is 0 Å². The van der Waals surface area contributed by atoms with Crippen LogP contribution in [0.5, 0.6) is 0 Å². The van der Waals surface area contributed by atoms with Gasteiger partial charge in [-0.3, -0.25) is 9.78 Å². The van der Waals surface area contributed by atoms with Crippen molar-refractivity contribution in [1.82, 2.24) is 24.9 Å². The number of fused-ring (bicyclic) bond motifs is 1. The third-order valence-electron chi connectivity index (χ3n) is 4.40. The first-order chi connectivity index (χ1) is 11.4. The van der Waals surface area contributed by atoms with Crippen LogP contribution < -0.4 is 0 Å². The van der Waals surface area contributed by atoms with Crippen LogP contribution in [0.1, 0.15) is 19.9 Å². The number of amides is 1. The second kappa shape index (κ2) is 5.04. The molecule has 2 aliphatic rings. The first-order valence-corrected chi connectivity index (χ1v) is 8.33. The monoisotopic (exact) mass is 345 g/mol. The second-order valence-electron chi connectivity index (χ2n) is 6.37. The Kier molecular flexibility index (Phi) is 3.17. The van der Waals surface area contributed by atoms with E-state index in [4.69, 9.17) is 0 Å². The van der Waals surface area contributed by atoms with Crippen molar-refractivity contribution in [2.75, 3.05) is 0 Å². The van der Waals surface area contributed by atoms with Crippen molar-refractivity contribution in [3.63, 3.8) is 0 Å². The van der Waals surface area contributed by atoms with Crippen LogP contribution in [-0.4, -0.2) is 58.0 Å². The van der Waals surface area contributed by atoms with Crippen LogP contribution in [0.15, 0.2) is 30.7 Å². The number of carbonyl (C=O) groups is 2. The van der Waals surface area contributed by atoms with Gasteiger partial charge in [0.05, 0.1) is 6.20 Å². The molecule has 2 aromatic heterocycles. The molecule has 0 radical (unpaired) electrons. The van der Waals surface area contributed by atoms with E-state index >= 15 is 0 Å². The summed E-state index contributed by atoms with van der Waals surface area (Å²) in [6.45, 7) is 3.70. The van der Waals surface area contributed by atoms with Crippen LogP contribution in [0.2, 0.25) is 0 Å². The fourth-order valence-corrected chi connectivity index (χ4v) is 4.97. The average molecular weight is 345 g/mol. The van der Waals surface area contributed by atoms with E-state index in [0.717, 1.165) is 5.56 Å². The largest absolute Gasteiger partial charge is 0.480 e. The molecular formula is C15H15N5O3S. The molecule has 0 unspecified atom stereocenters. The Morgan fingerprint density at radius 3 is 2.88 bits per heavy atom. The van der Waals surface area contributed by atoms with E-state index in [1.807, 2.05) is 19.9 Å². The SMILES string of the molecule is CC1(C)S[C@@H]2[C@H](n3cc(-c4cccnc4)nn3)C(=O)N2[C@H]1C(=O)O. The Hall–Kier alpha value is -2.42. The number of rotatable bonds is 3. The van der Waals surface area contributed by atoms with Crippen molar-refractivity contribution < 1.29 is 14.7 Å². The summed E-state index contributed by atoms with van der Waals surface area (Å²) in [4.78, 5) is 29.6. The predicted molar refractivity (Wildman–Crippen MR) is 86.0 cm³/mol. The maximum Gasteiger partial charge on any atom is 0.327 e. The van der Waals surface area contributed by atoms with Gasteiger partial charge in [-0.2, -0.15) is 0 Å². The van der Waals surface area contributed by atoms with Gasteiger partial charge in [-0.15, -0.1) is 16.9 Å². The zero-order valence-electron chi connectivity index (χ0n) is 13.0. The molecule has 124 valence electrons. The molecule has 3 atom stereocenters. The summed E-state index contributed by atoms with van der Waals surface area (Å²) >= 11 is 1.49. The fraction of sp³-hybridized carbons (Fsp3) is 0.400. The Balaban J connectivity index is 1.63. The first-order valence-electron chi connectivity index (χ1n) is 7.45. The number of aromatic nitrogens is 4. The van der Waals surface area contributed by atoms with Crippen molar-refractivity contribution >= 4 is 23.6 Å². The fourth-order valence-electron chi connectivity index (χ4n) is 3.30. The zero-order valence-corrected chi connectivity index (χ0v) is 13.8. The number of carbonyl (C=O) groups excluding carboxylic acids is 1. The van der Waals surface area contributed by atoms with Gasteiger partial charge in [-0.05, 0) is 26.0 Å².